The van der Waals surface area contributed by atoms with Gasteiger partial charge in [0, 0.05) is 27.1 Å². The smallest absolute Gasteiger partial charge is 0.419 e. The van der Waals surface area contributed by atoms with Gasteiger partial charge in [-0.3, -0.25) is 9.36 Å². The van der Waals surface area contributed by atoms with E-state index in [4.69, 9.17) is 9.15 Å². The SMILES string of the molecule is COc1ccc(S(=O)(=O)N(C)C)cc1NC(=O)CCn1c(=O)oc2ccccc21. The van der Waals surface area contributed by atoms with Crippen LogP contribution in [0.1, 0.15) is 6.42 Å². The van der Waals surface area contributed by atoms with Gasteiger partial charge in [0.25, 0.3) is 0 Å². The van der Waals surface area contributed by atoms with Gasteiger partial charge in [-0.05, 0) is 30.3 Å². The lowest BCUT2D eigenvalue weighted by molar-refractivity contribution is -0.116. The van der Waals surface area contributed by atoms with Crippen molar-refractivity contribution in [2.75, 3.05) is 26.5 Å². The molecule has 10 heteroatoms. The molecule has 1 heterocycles. The minimum atomic E-state index is -3.67. The molecule has 0 atom stereocenters. The molecule has 1 aromatic heterocycles. The highest BCUT2D eigenvalue weighted by molar-refractivity contribution is 7.89. The maximum Gasteiger partial charge on any atom is 0.419 e. The predicted octanol–water partition coefficient (Wildman–Crippen LogP) is 1.88. The molecule has 0 aliphatic rings. The van der Waals surface area contributed by atoms with E-state index in [0.29, 0.717) is 16.8 Å². The molecule has 2 aromatic carbocycles. The number of oxazole rings is 1. The summed E-state index contributed by atoms with van der Waals surface area (Å²) in [4.78, 5) is 24.5. The van der Waals surface area contributed by atoms with Crippen molar-refractivity contribution in [2.24, 2.45) is 0 Å². The number of amides is 1. The number of nitrogens with one attached hydrogen (secondary N) is 1. The summed E-state index contributed by atoms with van der Waals surface area (Å²) in [6, 6.07) is 11.1. The van der Waals surface area contributed by atoms with Crippen LogP contribution in [-0.2, 0) is 21.4 Å². The molecule has 0 spiro atoms. The number of aromatic nitrogens is 1. The summed E-state index contributed by atoms with van der Waals surface area (Å²) < 4.78 is 37.5. The number of methoxy groups -OCH3 is 1. The number of hydrogen-bond donors (Lipinski definition) is 1. The Bertz CT molecular complexity index is 1210. The van der Waals surface area contributed by atoms with Gasteiger partial charge >= 0.3 is 5.76 Å². The average Bonchev–Trinajstić information content (AvgIpc) is 3.01. The number of para-hydroxylation sites is 2. The van der Waals surface area contributed by atoms with Crippen molar-refractivity contribution in [1.29, 1.82) is 0 Å². The third-order valence-electron chi connectivity index (χ3n) is 4.36. The molecule has 0 unspecified atom stereocenters. The maximum atomic E-state index is 12.4. The molecular weight excluding hydrogens is 398 g/mol. The minimum Gasteiger partial charge on any atom is -0.495 e. The van der Waals surface area contributed by atoms with E-state index in [1.807, 2.05) is 0 Å². The Kier molecular flexibility index (Phi) is 5.76. The second-order valence-corrected chi connectivity index (χ2v) is 8.59. The zero-order valence-electron chi connectivity index (χ0n) is 16.2. The molecule has 29 heavy (non-hydrogen) atoms. The number of hydrogen-bond acceptors (Lipinski definition) is 6. The normalized spacial score (nSPS) is 11.7. The lowest BCUT2D eigenvalue weighted by Gasteiger charge is -2.15. The van der Waals surface area contributed by atoms with Crippen LogP contribution in [0.5, 0.6) is 5.75 Å². The number of fused-ring (bicyclic) bond motifs is 1. The quantitative estimate of drug-likeness (QED) is 0.626. The highest BCUT2D eigenvalue weighted by atomic mass is 32.2. The minimum absolute atomic E-state index is 0.0166. The van der Waals surface area contributed by atoms with Crippen molar-refractivity contribution >= 4 is 32.7 Å². The molecule has 0 bridgehead atoms. The maximum absolute atomic E-state index is 12.4. The molecule has 0 aliphatic carbocycles. The molecule has 3 rings (SSSR count). The van der Waals surface area contributed by atoms with Crippen molar-refractivity contribution in [2.45, 2.75) is 17.9 Å². The summed E-state index contributed by atoms with van der Waals surface area (Å²) >= 11 is 0. The van der Waals surface area contributed by atoms with Gasteiger partial charge in [0.15, 0.2) is 5.58 Å². The van der Waals surface area contributed by atoms with Gasteiger partial charge in [0.1, 0.15) is 5.75 Å². The summed E-state index contributed by atoms with van der Waals surface area (Å²) in [5.41, 5.74) is 1.27. The average molecular weight is 419 g/mol. The number of aryl methyl sites for hydroxylation is 1. The first-order chi connectivity index (χ1) is 13.7. The first-order valence-electron chi connectivity index (χ1n) is 8.73. The van der Waals surface area contributed by atoms with Crippen molar-refractivity contribution < 1.29 is 22.4 Å². The number of carbonyl (C=O) groups excluding carboxylic acids is 1. The number of nitrogens with zero attached hydrogens (tertiary/aromatic N) is 2. The number of carbonyl (C=O) groups is 1. The second-order valence-electron chi connectivity index (χ2n) is 6.44. The van der Waals surface area contributed by atoms with Crippen molar-refractivity contribution in [3.05, 3.63) is 53.0 Å². The van der Waals surface area contributed by atoms with Crippen LogP contribution in [0.25, 0.3) is 11.1 Å². The second kappa shape index (κ2) is 8.10. The van der Waals surface area contributed by atoms with E-state index in [1.54, 1.807) is 24.3 Å². The zero-order valence-corrected chi connectivity index (χ0v) is 17.0. The molecule has 0 saturated heterocycles. The zero-order chi connectivity index (χ0) is 21.2. The van der Waals surface area contributed by atoms with Crippen LogP contribution >= 0.6 is 0 Å². The summed E-state index contributed by atoms with van der Waals surface area (Å²) in [6.07, 6.45) is -0.0166. The topological polar surface area (TPSA) is 111 Å². The Morgan fingerprint density at radius 2 is 1.93 bits per heavy atom. The van der Waals surface area contributed by atoms with E-state index in [9.17, 15) is 18.0 Å². The number of sulfonamides is 1. The Morgan fingerprint density at radius 3 is 2.62 bits per heavy atom. The Morgan fingerprint density at radius 1 is 1.21 bits per heavy atom. The Labute approximate surface area is 167 Å². The summed E-state index contributed by atoms with van der Waals surface area (Å²) in [5.74, 6) is -0.627. The van der Waals surface area contributed by atoms with E-state index in [2.05, 4.69) is 5.32 Å². The highest BCUT2D eigenvalue weighted by Gasteiger charge is 2.20. The third kappa shape index (κ3) is 4.17. The lowest BCUT2D eigenvalue weighted by Crippen LogP contribution is -2.23. The molecule has 0 radical (unpaired) electrons. The number of anilines is 1. The molecule has 1 N–H and O–H groups in total. The first kappa shape index (κ1) is 20.6. The van der Waals surface area contributed by atoms with E-state index in [-0.39, 0.29) is 23.5 Å². The predicted molar refractivity (Wildman–Crippen MR) is 108 cm³/mol. The third-order valence-corrected chi connectivity index (χ3v) is 6.17. The number of ether oxygens (including phenoxy) is 1. The van der Waals surface area contributed by atoms with Crippen LogP contribution in [0.4, 0.5) is 5.69 Å². The van der Waals surface area contributed by atoms with Crippen LogP contribution in [0.15, 0.2) is 56.6 Å². The van der Waals surface area contributed by atoms with E-state index < -0.39 is 21.7 Å². The van der Waals surface area contributed by atoms with Gasteiger partial charge in [-0.2, -0.15) is 0 Å². The van der Waals surface area contributed by atoms with E-state index in [1.165, 1.54) is 44.0 Å². The van der Waals surface area contributed by atoms with Gasteiger partial charge in [-0.1, -0.05) is 12.1 Å². The van der Waals surface area contributed by atoms with Crippen molar-refractivity contribution in [1.82, 2.24) is 8.87 Å². The molecular formula is C19H21N3O6S. The van der Waals surface area contributed by atoms with Crippen LogP contribution < -0.4 is 15.8 Å². The molecule has 154 valence electrons. The molecule has 0 aliphatic heterocycles. The van der Waals surface area contributed by atoms with Crippen molar-refractivity contribution in [3.8, 4) is 5.75 Å². The van der Waals surface area contributed by atoms with Gasteiger partial charge in [0.05, 0.1) is 23.2 Å². The van der Waals surface area contributed by atoms with Gasteiger partial charge in [-0.15, -0.1) is 0 Å². The fourth-order valence-electron chi connectivity index (χ4n) is 2.81. The standard InChI is InChI=1S/C19H21N3O6S/c1-21(2)29(25,26)13-8-9-16(27-3)14(12-13)20-18(23)10-11-22-15-6-4-5-7-17(15)28-19(22)24/h4-9,12H,10-11H2,1-3H3,(H,20,23). The van der Waals surface area contributed by atoms with Crippen molar-refractivity contribution in [3.63, 3.8) is 0 Å². The van der Waals surface area contributed by atoms with Gasteiger partial charge in [-0.25, -0.2) is 17.5 Å². The molecule has 9 nitrogen and oxygen atoms in total. The van der Waals surface area contributed by atoms with E-state index >= 15 is 0 Å². The molecule has 3 aromatic rings. The Hall–Kier alpha value is -3.11. The monoisotopic (exact) mass is 419 g/mol. The highest BCUT2D eigenvalue weighted by Crippen LogP contribution is 2.28. The lowest BCUT2D eigenvalue weighted by atomic mass is 10.2. The summed E-state index contributed by atoms with van der Waals surface area (Å²) in [6.45, 7) is 0.111. The van der Waals surface area contributed by atoms with Gasteiger partial charge < -0.3 is 14.5 Å². The number of benzene rings is 2. The van der Waals surface area contributed by atoms with Crippen LogP contribution in [0.2, 0.25) is 0 Å². The van der Waals surface area contributed by atoms with E-state index in [0.717, 1.165) is 4.31 Å². The molecule has 0 saturated carbocycles. The fourth-order valence-corrected chi connectivity index (χ4v) is 3.74. The summed E-state index contributed by atoms with van der Waals surface area (Å²) in [5, 5.41) is 2.65. The largest absolute Gasteiger partial charge is 0.495 e. The van der Waals surface area contributed by atoms with Crippen LogP contribution in [-0.4, -0.2) is 44.4 Å². The fraction of sp³-hybridized carbons (Fsp3) is 0.263. The van der Waals surface area contributed by atoms with Crippen LogP contribution in [0, 0.1) is 0 Å². The molecule has 0 fully saturated rings. The number of rotatable bonds is 7. The summed E-state index contributed by atoms with van der Waals surface area (Å²) in [7, 11) is 0.593. The first-order valence-corrected chi connectivity index (χ1v) is 10.2. The molecule has 1 amide bonds. The van der Waals surface area contributed by atoms with Crippen LogP contribution in [0.3, 0.4) is 0 Å². The Balaban J connectivity index is 1.79. The van der Waals surface area contributed by atoms with Gasteiger partial charge in [0.2, 0.25) is 15.9 Å².